The Morgan fingerprint density at radius 1 is 0.500 bits per heavy atom. The van der Waals surface area contributed by atoms with Crippen molar-refractivity contribution < 1.29 is 18.8 Å². The third-order valence-corrected chi connectivity index (χ3v) is 11.4. The molecule has 8 rings (SSSR count). The molecule has 0 aliphatic rings. The van der Waals surface area contributed by atoms with Gasteiger partial charge in [0.05, 0.1) is 10.4 Å². The number of hydrogen-bond donors (Lipinski definition) is 0. The van der Waals surface area contributed by atoms with E-state index in [0.29, 0.717) is 26.3 Å². The third-order valence-electron chi connectivity index (χ3n) is 9.22. The minimum Gasteiger partial charge on any atom is -0.489 e. The van der Waals surface area contributed by atoms with Crippen LogP contribution in [0.5, 0.6) is 11.5 Å². The molecule has 8 aromatic rings. The standard InChI is InChI=1S/C42H36I2N6O2/c1-47-39(31-15-5-3-6-16-31)41(43)49(45-47)25-27-51-35-23-21-29-13-9-11-19-33(29)37(35)38-34-20-12-10-14-30(34)22-24-36(38)52-28-26-50-42(44)40(48(2)46-50)32-17-7-4-8-18-32/h3-24H,25-28H2,1-2H3/q+2. The van der Waals surface area contributed by atoms with Crippen molar-refractivity contribution in [3.63, 3.8) is 0 Å². The largest absolute Gasteiger partial charge is 0.489 e. The molecule has 0 radical (unpaired) electrons. The highest BCUT2D eigenvalue weighted by atomic mass is 127. The van der Waals surface area contributed by atoms with Gasteiger partial charge in [0.25, 0.3) is 0 Å². The molecular formula is C42H36I2N6O2+2. The fraction of sp³-hybridized carbons (Fsp3) is 0.143. The normalized spacial score (nSPS) is 11.4. The number of rotatable bonds is 11. The molecule has 6 aromatic carbocycles. The lowest BCUT2D eigenvalue weighted by atomic mass is 9.92. The van der Waals surface area contributed by atoms with Crippen LogP contribution in [0.3, 0.4) is 0 Å². The van der Waals surface area contributed by atoms with Crippen LogP contribution in [-0.2, 0) is 27.2 Å². The molecule has 258 valence electrons. The maximum Gasteiger partial charge on any atom is 0.235 e. The highest BCUT2D eigenvalue weighted by Gasteiger charge is 2.25. The van der Waals surface area contributed by atoms with Crippen LogP contribution in [0, 0.1) is 7.40 Å². The van der Waals surface area contributed by atoms with Crippen LogP contribution in [-0.4, -0.2) is 33.0 Å². The molecule has 52 heavy (non-hydrogen) atoms. The van der Waals surface area contributed by atoms with Gasteiger partial charge >= 0.3 is 0 Å². The number of nitrogens with zero attached hydrogens (tertiary/aromatic N) is 6. The molecule has 0 saturated carbocycles. The summed E-state index contributed by atoms with van der Waals surface area (Å²) in [6, 6.07) is 46.1. The van der Waals surface area contributed by atoms with Crippen molar-refractivity contribution in [2.45, 2.75) is 13.1 Å². The van der Waals surface area contributed by atoms with Crippen LogP contribution >= 0.6 is 45.2 Å². The second-order valence-corrected chi connectivity index (χ2v) is 14.5. The van der Waals surface area contributed by atoms with Crippen molar-refractivity contribution in [3.05, 3.63) is 141 Å². The predicted octanol–water partition coefficient (Wildman–Crippen LogP) is 8.40. The molecule has 2 heterocycles. The molecule has 0 aliphatic carbocycles. The van der Waals surface area contributed by atoms with E-state index >= 15 is 0 Å². The van der Waals surface area contributed by atoms with Gasteiger partial charge in [0.15, 0.2) is 0 Å². The van der Waals surface area contributed by atoms with Gasteiger partial charge < -0.3 is 9.47 Å². The molecule has 0 spiro atoms. The number of aromatic nitrogens is 6. The summed E-state index contributed by atoms with van der Waals surface area (Å²) in [4.78, 5) is 0. The topological polar surface area (TPSA) is 61.9 Å². The Morgan fingerprint density at radius 3 is 1.31 bits per heavy atom. The van der Waals surface area contributed by atoms with Crippen molar-refractivity contribution in [3.8, 4) is 45.1 Å². The Morgan fingerprint density at radius 2 is 0.885 bits per heavy atom. The number of benzene rings is 6. The van der Waals surface area contributed by atoms with Crippen LogP contribution in [0.1, 0.15) is 0 Å². The Labute approximate surface area is 329 Å². The maximum atomic E-state index is 6.72. The van der Waals surface area contributed by atoms with Crippen molar-refractivity contribution in [1.29, 1.82) is 0 Å². The Kier molecular flexibility index (Phi) is 9.91. The van der Waals surface area contributed by atoms with Crippen LogP contribution in [0.15, 0.2) is 133 Å². The van der Waals surface area contributed by atoms with Crippen LogP contribution in [0.25, 0.3) is 55.2 Å². The first-order valence-electron chi connectivity index (χ1n) is 17.1. The van der Waals surface area contributed by atoms with Gasteiger partial charge in [-0.15, -0.1) is 18.7 Å². The fourth-order valence-corrected chi connectivity index (χ4v) is 8.83. The minimum atomic E-state index is 0.441. The summed E-state index contributed by atoms with van der Waals surface area (Å²) < 4.78 is 23.5. The van der Waals surface area contributed by atoms with Gasteiger partial charge in [-0.2, -0.15) is 0 Å². The lowest BCUT2D eigenvalue weighted by molar-refractivity contribution is -0.722. The molecule has 0 atom stereocenters. The first-order chi connectivity index (χ1) is 25.5. The zero-order valence-electron chi connectivity index (χ0n) is 28.8. The van der Waals surface area contributed by atoms with Crippen LogP contribution in [0.4, 0.5) is 0 Å². The van der Waals surface area contributed by atoms with Gasteiger partial charge in [0.2, 0.25) is 18.8 Å². The molecule has 0 fully saturated rings. The Balaban J connectivity index is 1.13. The zero-order chi connectivity index (χ0) is 35.6. The lowest BCUT2D eigenvalue weighted by Gasteiger charge is -2.19. The van der Waals surface area contributed by atoms with Gasteiger partial charge in [-0.1, -0.05) is 121 Å². The number of halogens is 2. The summed E-state index contributed by atoms with van der Waals surface area (Å²) in [6.45, 7) is 2.07. The van der Waals surface area contributed by atoms with Gasteiger partial charge in [0, 0.05) is 67.4 Å². The molecule has 0 aliphatic heterocycles. The smallest absolute Gasteiger partial charge is 0.235 e. The summed E-state index contributed by atoms with van der Waals surface area (Å²) >= 11 is 4.77. The van der Waals surface area contributed by atoms with E-state index in [-0.39, 0.29) is 0 Å². The fourth-order valence-electron chi connectivity index (χ4n) is 6.84. The molecule has 10 heteroatoms. The number of hydrogen-bond acceptors (Lipinski definition) is 4. The summed E-state index contributed by atoms with van der Waals surface area (Å²) in [6.07, 6.45) is 0. The van der Waals surface area contributed by atoms with E-state index in [2.05, 4.69) is 167 Å². The van der Waals surface area contributed by atoms with E-state index in [4.69, 9.17) is 19.9 Å². The van der Waals surface area contributed by atoms with Crippen molar-refractivity contribution in [1.82, 2.24) is 19.8 Å². The second kappa shape index (κ2) is 15.0. The maximum absolute atomic E-state index is 6.72. The van der Waals surface area contributed by atoms with Crippen molar-refractivity contribution >= 4 is 66.7 Å². The van der Waals surface area contributed by atoms with Gasteiger partial charge in [0.1, 0.15) is 51.9 Å². The average Bonchev–Trinajstić information content (AvgIpc) is 3.63. The monoisotopic (exact) mass is 910 g/mol. The van der Waals surface area contributed by atoms with Gasteiger partial charge in [-0.3, -0.25) is 0 Å². The molecule has 0 amide bonds. The molecule has 0 saturated heterocycles. The molecule has 2 aromatic heterocycles. The highest BCUT2D eigenvalue weighted by molar-refractivity contribution is 14.1. The van der Waals surface area contributed by atoms with Crippen molar-refractivity contribution in [2.75, 3.05) is 13.2 Å². The number of fused-ring (bicyclic) bond motifs is 2. The van der Waals surface area contributed by atoms with E-state index in [9.17, 15) is 0 Å². The predicted molar refractivity (Wildman–Crippen MR) is 221 cm³/mol. The SMILES string of the molecule is C[n+]1nn(CCOc2ccc3ccccc3c2-c2c(OCCn3n[n+](C)c(-c4ccccc4)c3I)ccc3ccccc23)c(I)c1-c1ccccc1. The average molecular weight is 911 g/mol. The summed E-state index contributed by atoms with van der Waals surface area (Å²) in [5.74, 6) is 1.60. The molecule has 0 N–H and O–H groups in total. The first-order valence-corrected chi connectivity index (χ1v) is 19.3. The van der Waals surface area contributed by atoms with Crippen LogP contribution < -0.4 is 18.8 Å². The van der Waals surface area contributed by atoms with Crippen LogP contribution in [0.2, 0.25) is 0 Å². The van der Waals surface area contributed by atoms with E-state index in [0.717, 1.165) is 74.1 Å². The van der Waals surface area contributed by atoms with Gasteiger partial charge in [-0.25, -0.2) is 0 Å². The summed E-state index contributed by atoms with van der Waals surface area (Å²) in [7, 11) is 3.97. The lowest BCUT2D eigenvalue weighted by Crippen LogP contribution is -2.33. The van der Waals surface area contributed by atoms with E-state index in [1.165, 1.54) is 0 Å². The molecule has 0 unspecified atom stereocenters. The zero-order valence-corrected chi connectivity index (χ0v) is 33.1. The van der Waals surface area contributed by atoms with E-state index in [1.807, 2.05) is 45.0 Å². The summed E-state index contributed by atoms with van der Waals surface area (Å²) in [5, 5.41) is 14.1. The van der Waals surface area contributed by atoms with Crippen molar-refractivity contribution in [2.24, 2.45) is 14.1 Å². The number of ether oxygens (including phenoxy) is 2. The minimum absolute atomic E-state index is 0.441. The Hall–Kier alpha value is -4.82. The van der Waals surface area contributed by atoms with Gasteiger partial charge in [-0.05, 0) is 33.7 Å². The summed E-state index contributed by atoms with van der Waals surface area (Å²) in [5.41, 5.74) is 6.47. The first kappa shape index (κ1) is 34.3. The van der Waals surface area contributed by atoms with E-state index in [1.54, 1.807) is 0 Å². The number of aryl methyl sites for hydroxylation is 2. The Bertz CT molecular complexity index is 2360. The third kappa shape index (κ3) is 6.65. The molecular weight excluding hydrogens is 874 g/mol. The quantitative estimate of drug-likeness (QED) is 0.0967. The molecule has 0 bridgehead atoms. The molecule has 8 nitrogen and oxygen atoms in total. The highest BCUT2D eigenvalue weighted by Crippen LogP contribution is 2.45. The van der Waals surface area contributed by atoms with E-state index < -0.39 is 0 Å². The second-order valence-electron chi connectivity index (χ2n) is 12.5.